The zero-order valence-corrected chi connectivity index (χ0v) is 14.0. The third kappa shape index (κ3) is 2.93. The Kier molecular flexibility index (Phi) is 4.18. The molecule has 23 heavy (non-hydrogen) atoms. The molecule has 1 aliphatic heterocycles. The van der Waals surface area contributed by atoms with Crippen molar-refractivity contribution in [1.29, 1.82) is 0 Å². The van der Waals surface area contributed by atoms with Crippen LogP contribution in [0.4, 0.5) is 0 Å². The molecule has 0 saturated carbocycles. The largest absolute Gasteiger partial charge is 0.354 e. The maximum atomic E-state index is 12.5. The van der Waals surface area contributed by atoms with E-state index >= 15 is 0 Å². The minimum atomic E-state index is -0.318. The number of carbonyl (C=O) groups is 1. The molecular formula is C17H22N4OS. The van der Waals surface area contributed by atoms with Crippen LogP contribution in [0.3, 0.4) is 0 Å². The molecule has 6 heteroatoms. The highest BCUT2D eigenvalue weighted by Crippen LogP contribution is 2.30. The zero-order chi connectivity index (χ0) is 15.6. The summed E-state index contributed by atoms with van der Waals surface area (Å²) in [6.45, 7) is 1.51. The molecule has 0 saturated heterocycles. The van der Waals surface area contributed by atoms with Gasteiger partial charge in [0.25, 0.3) is 0 Å². The molecule has 0 unspecified atom stereocenters. The summed E-state index contributed by atoms with van der Waals surface area (Å²) < 4.78 is 0. The van der Waals surface area contributed by atoms with E-state index in [1.165, 1.54) is 31.2 Å². The van der Waals surface area contributed by atoms with Gasteiger partial charge in [-0.25, -0.2) is 4.98 Å². The number of nitrogens with zero attached hydrogens (tertiary/aromatic N) is 1. The molecule has 1 amide bonds. The molecule has 1 atom stereocenters. The first-order valence-corrected chi connectivity index (χ1v) is 9.32. The summed E-state index contributed by atoms with van der Waals surface area (Å²) in [4.78, 5) is 21.4. The number of amides is 1. The van der Waals surface area contributed by atoms with Crippen LogP contribution in [0.1, 0.15) is 46.3 Å². The van der Waals surface area contributed by atoms with Crippen LogP contribution in [0, 0.1) is 0 Å². The number of aromatic nitrogens is 2. The third-order valence-electron chi connectivity index (χ3n) is 4.85. The Morgan fingerprint density at radius 2 is 2.26 bits per heavy atom. The number of aromatic amines is 1. The molecule has 2 aliphatic rings. The number of H-pyrrole nitrogens is 1. The maximum absolute atomic E-state index is 12.5. The van der Waals surface area contributed by atoms with Crippen molar-refractivity contribution in [1.82, 2.24) is 20.6 Å². The minimum absolute atomic E-state index is 0.0298. The quantitative estimate of drug-likeness (QED) is 0.802. The maximum Gasteiger partial charge on any atom is 0.243 e. The van der Waals surface area contributed by atoms with Crippen molar-refractivity contribution in [3.05, 3.63) is 39.1 Å². The number of aryl methyl sites for hydroxylation is 1. The van der Waals surface area contributed by atoms with E-state index in [1.54, 1.807) is 16.8 Å². The lowest BCUT2D eigenvalue weighted by atomic mass is 9.95. The lowest BCUT2D eigenvalue weighted by molar-refractivity contribution is -0.123. The topological polar surface area (TPSA) is 69.8 Å². The van der Waals surface area contributed by atoms with Gasteiger partial charge in [-0.3, -0.25) is 4.79 Å². The molecule has 3 N–H and O–H groups in total. The van der Waals surface area contributed by atoms with E-state index in [1.807, 2.05) is 11.3 Å². The average Bonchev–Trinajstić information content (AvgIpc) is 3.21. The van der Waals surface area contributed by atoms with Crippen LogP contribution in [0.5, 0.6) is 0 Å². The highest BCUT2D eigenvalue weighted by Gasteiger charge is 2.28. The molecule has 122 valence electrons. The van der Waals surface area contributed by atoms with Gasteiger partial charge in [0.1, 0.15) is 6.04 Å². The monoisotopic (exact) mass is 330 g/mol. The molecule has 0 bridgehead atoms. The lowest BCUT2D eigenvalue weighted by Crippen LogP contribution is -2.42. The fourth-order valence-electron chi connectivity index (χ4n) is 3.63. The number of rotatable bonds is 4. The van der Waals surface area contributed by atoms with Crippen LogP contribution in [0.15, 0.2) is 11.7 Å². The number of carbonyl (C=O) groups excluding carboxylic acids is 1. The van der Waals surface area contributed by atoms with Gasteiger partial charge < -0.3 is 15.6 Å². The molecule has 2 aromatic rings. The lowest BCUT2D eigenvalue weighted by Gasteiger charge is -2.22. The first-order chi connectivity index (χ1) is 11.3. The second kappa shape index (κ2) is 6.45. The molecule has 2 aromatic heterocycles. The van der Waals surface area contributed by atoms with Gasteiger partial charge >= 0.3 is 0 Å². The van der Waals surface area contributed by atoms with E-state index in [2.05, 4.69) is 26.0 Å². The van der Waals surface area contributed by atoms with Gasteiger partial charge in [0, 0.05) is 30.1 Å². The van der Waals surface area contributed by atoms with Gasteiger partial charge in [-0.15, -0.1) is 11.3 Å². The van der Waals surface area contributed by atoms with Crippen molar-refractivity contribution in [2.75, 3.05) is 13.1 Å². The van der Waals surface area contributed by atoms with E-state index in [9.17, 15) is 4.79 Å². The van der Waals surface area contributed by atoms with Crippen LogP contribution >= 0.6 is 11.3 Å². The van der Waals surface area contributed by atoms with Gasteiger partial charge in [-0.05, 0) is 48.6 Å². The first kappa shape index (κ1) is 14.9. The van der Waals surface area contributed by atoms with Gasteiger partial charge in [-0.2, -0.15) is 0 Å². The van der Waals surface area contributed by atoms with Gasteiger partial charge in [0.05, 0.1) is 12.0 Å². The van der Waals surface area contributed by atoms with Crippen molar-refractivity contribution >= 4 is 17.2 Å². The zero-order valence-electron chi connectivity index (χ0n) is 13.2. The normalized spacial score (nSPS) is 19.9. The Morgan fingerprint density at radius 1 is 1.35 bits per heavy atom. The van der Waals surface area contributed by atoms with E-state index in [0.717, 1.165) is 30.8 Å². The Bertz CT molecular complexity index is 705. The highest BCUT2D eigenvalue weighted by atomic mass is 32.1. The molecular weight excluding hydrogens is 308 g/mol. The predicted molar refractivity (Wildman–Crippen MR) is 90.7 cm³/mol. The van der Waals surface area contributed by atoms with Gasteiger partial charge in [-0.1, -0.05) is 0 Å². The van der Waals surface area contributed by atoms with Crippen molar-refractivity contribution in [3.8, 4) is 0 Å². The van der Waals surface area contributed by atoms with E-state index in [-0.39, 0.29) is 11.9 Å². The molecule has 5 nitrogen and oxygen atoms in total. The van der Waals surface area contributed by atoms with Crippen LogP contribution < -0.4 is 10.6 Å². The Morgan fingerprint density at radius 3 is 3.22 bits per heavy atom. The van der Waals surface area contributed by atoms with Crippen LogP contribution in [-0.2, 0) is 30.5 Å². The summed E-state index contributed by atoms with van der Waals surface area (Å²) in [6, 6.07) is -0.318. The van der Waals surface area contributed by atoms with Crippen LogP contribution in [0.2, 0.25) is 0 Å². The second-order valence-corrected chi connectivity index (χ2v) is 7.28. The summed E-state index contributed by atoms with van der Waals surface area (Å²) in [5.41, 5.74) is 4.92. The first-order valence-electron chi connectivity index (χ1n) is 8.44. The average molecular weight is 330 g/mol. The molecule has 0 fully saturated rings. The van der Waals surface area contributed by atoms with E-state index in [4.69, 9.17) is 0 Å². The van der Waals surface area contributed by atoms with E-state index < -0.39 is 0 Å². The summed E-state index contributed by atoms with van der Waals surface area (Å²) in [5, 5.41) is 8.62. The SMILES string of the molecule is O=C(NCCc1csc2c1CCCC2)[C@@H]1NCCc2[nH]cnc21. The smallest absolute Gasteiger partial charge is 0.243 e. The molecule has 0 spiro atoms. The van der Waals surface area contributed by atoms with Crippen LogP contribution in [0.25, 0.3) is 0 Å². The molecule has 0 aromatic carbocycles. The number of hydrogen-bond donors (Lipinski definition) is 3. The summed E-state index contributed by atoms with van der Waals surface area (Å²) in [7, 11) is 0. The Hall–Kier alpha value is -1.66. The summed E-state index contributed by atoms with van der Waals surface area (Å²) >= 11 is 1.89. The number of imidazole rings is 1. The van der Waals surface area contributed by atoms with Crippen LogP contribution in [-0.4, -0.2) is 29.0 Å². The Balaban J connectivity index is 1.35. The summed E-state index contributed by atoms with van der Waals surface area (Å²) in [6.07, 6.45) is 8.58. The van der Waals surface area contributed by atoms with Gasteiger partial charge in [0.2, 0.25) is 5.91 Å². The molecule has 4 rings (SSSR count). The number of thiophene rings is 1. The predicted octanol–water partition coefficient (Wildman–Crippen LogP) is 1.90. The minimum Gasteiger partial charge on any atom is -0.354 e. The number of fused-ring (bicyclic) bond motifs is 2. The standard InChI is InChI=1S/C17H22N4OS/c22-17(16-15-13(6-8-18-16)20-10-21-15)19-7-5-11-9-23-14-4-2-1-3-12(11)14/h9-10,16,18H,1-8H2,(H,19,22)(H,20,21)/t16-/m1/s1. The summed E-state index contributed by atoms with van der Waals surface area (Å²) in [5.74, 6) is 0.0298. The third-order valence-corrected chi connectivity index (χ3v) is 5.99. The molecule has 1 aliphatic carbocycles. The molecule has 0 radical (unpaired) electrons. The Labute approximate surface area is 139 Å². The fourth-order valence-corrected chi connectivity index (χ4v) is 4.81. The number of nitrogens with one attached hydrogen (secondary N) is 3. The fraction of sp³-hybridized carbons (Fsp3) is 0.529. The van der Waals surface area contributed by atoms with Gasteiger partial charge in [0.15, 0.2) is 0 Å². The second-order valence-electron chi connectivity index (χ2n) is 6.31. The molecule has 3 heterocycles. The van der Waals surface area contributed by atoms with Crippen molar-refractivity contribution in [2.24, 2.45) is 0 Å². The highest BCUT2D eigenvalue weighted by molar-refractivity contribution is 7.10. The van der Waals surface area contributed by atoms with Crippen molar-refractivity contribution in [3.63, 3.8) is 0 Å². The van der Waals surface area contributed by atoms with Crippen molar-refractivity contribution < 1.29 is 4.79 Å². The van der Waals surface area contributed by atoms with Crippen molar-refractivity contribution in [2.45, 2.75) is 44.6 Å². The number of hydrogen-bond acceptors (Lipinski definition) is 4. The van der Waals surface area contributed by atoms with E-state index in [0.29, 0.717) is 6.54 Å².